The van der Waals surface area contributed by atoms with Gasteiger partial charge in [0.2, 0.25) is 11.8 Å². The van der Waals surface area contributed by atoms with Gasteiger partial charge in [-0.15, -0.1) is 0 Å². The number of urea groups is 1. The first-order valence-electron chi connectivity index (χ1n) is 6.28. The third kappa shape index (κ3) is 2.17. The van der Waals surface area contributed by atoms with Crippen LogP contribution in [0.3, 0.4) is 0 Å². The number of rotatable bonds is 2. The van der Waals surface area contributed by atoms with Crippen LogP contribution in [0.1, 0.15) is 19.4 Å². The van der Waals surface area contributed by atoms with E-state index in [1.807, 2.05) is 0 Å². The monoisotopic (exact) mass is 278 g/mol. The average Bonchev–Trinajstić information content (AvgIpc) is 2.31. The van der Waals surface area contributed by atoms with Crippen molar-refractivity contribution < 1.29 is 18.8 Å². The van der Waals surface area contributed by atoms with Crippen LogP contribution in [-0.2, 0) is 9.59 Å². The fourth-order valence-electron chi connectivity index (χ4n) is 2.30. The molecule has 6 heteroatoms. The van der Waals surface area contributed by atoms with Crippen LogP contribution in [0, 0.1) is 24.6 Å². The predicted molar refractivity (Wildman–Crippen MR) is 70.5 cm³/mol. The maximum absolute atomic E-state index is 13.9. The van der Waals surface area contributed by atoms with E-state index in [1.54, 1.807) is 26.8 Å². The molecule has 5 nitrogen and oxygen atoms in total. The molecule has 1 atom stereocenters. The first-order chi connectivity index (χ1) is 9.34. The van der Waals surface area contributed by atoms with E-state index >= 15 is 0 Å². The van der Waals surface area contributed by atoms with E-state index in [0.717, 1.165) is 4.90 Å². The Kier molecular flexibility index (Phi) is 3.57. The molecule has 2 rings (SSSR count). The van der Waals surface area contributed by atoms with Gasteiger partial charge in [-0.1, -0.05) is 26.0 Å². The van der Waals surface area contributed by atoms with Crippen molar-refractivity contribution in [1.29, 1.82) is 0 Å². The molecule has 0 radical (unpaired) electrons. The number of carbonyl (C=O) groups is 3. The van der Waals surface area contributed by atoms with Crippen LogP contribution in [0.5, 0.6) is 0 Å². The number of halogens is 1. The number of anilines is 1. The van der Waals surface area contributed by atoms with Gasteiger partial charge in [0.25, 0.3) is 0 Å². The second kappa shape index (κ2) is 5.03. The first-order valence-corrected chi connectivity index (χ1v) is 6.28. The Morgan fingerprint density at radius 3 is 2.45 bits per heavy atom. The molecular formula is C14H15FN2O3. The highest BCUT2D eigenvalue weighted by Crippen LogP contribution is 2.29. The molecule has 1 fully saturated rings. The van der Waals surface area contributed by atoms with Gasteiger partial charge in [0, 0.05) is 0 Å². The normalized spacial score (nSPS) is 19.6. The largest absolute Gasteiger partial charge is 0.335 e. The lowest BCUT2D eigenvalue weighted by Crippen LogP contribution is -2.59. The summed E-state index contributed by atoms with van der Waals surface area (Å²) in [4.78, 5) is 36.7. The molecule has 1 aliphatic rings. The number of amides is 4. The van der Waals surface area contributed by atoms with Crippen molar-refractivity contribution in [2.45, 2.75) is 20.8 Å². The summed E-state index contributed by atoms with van der Waals surface area (Å²) in [6, 6.07) is 3.35. The number of para-hydroxylation sites is 1. The van der Waals surface area contributed by atoms with Crippen molar-refractivity contribution in [3.8, 4) is 0 Å². The molecule has 0 aromatic heterocycles. The standard InChI is InChI=1S/C14H15FN2O3/c1-7(2)10-12(18)16-14(20)17(13(10)19)11-8(3)5-4-6-9(11)15/h4-7,10H,1-3H3,(H,16,18,20). The Bertz CT molecular complexity index is 578. The maximum Gasteiger partial charge on any atom is 0.335 e. The van der Waals surface area contributed by atoms with E-state index in [9.17, 15) is 18.8 Å². The molecule has 1 aromatic rings. The highest BCUT2D eigenvalue weighted by molar-refractivity contribution is 6.28. The molecule has 1 saturated heterocycles. The molecule has 4 amide bonds. The summed E-state index contributed by atoms with van der Waals surface area (Å²) in [5.41, 5.74) is 0.346. The summed E-state index contributed by atoms with van der Waals surface area (Å²) < 4.78 is 13.9. The molecule has 0 spiro atoms. The molecule has 20 heavy (non-hydrogen) atoms. The second-order valence-electron chi connectivity index (χ2n) is 5.10. The van der Waals surface area contributed by atoms with Crippen LogP contribution in [0.4, 0.5) is 14.9 Å². The van der Waals surface area contributed by atoms with Crippen LogP contribution in [0.15, 0.2) is 18.2 Å². The highest BCUT2D eigenvalue weighted by Gasteiger charge is 2.43. The molecule has 1 aromatic carbocycles. The second-order valence-corrected chi connectivity index (χ2v) is 5.10. The van der Waals surface area contributed by atoms with Crippen LogP contribution >= 0.6 is 0 Å². The summed E-state index contributed by atoms with van der Waals surface area (Å²) in [5.74, 6) is -3.29. The van der Waals surface area contributed by atoms with Crippen molar-refractivity contribution in [2.24, 2.45) is 11.8 Å². The lowest BCUT2D eigenvalue weighted by Gasteiger charge is -2.32. The smallest absolute Gasteiger partial charge is 0.277 e. The number of nitrogens with one attached hydrogen (secondary N) is 1. The minimum atomic E-state index is -0.994. The van der Waals surface area contributed by atoms with Crippen LogP contribution in [0.25, 0.3) is 0 Å². The van der Waals surface area contributed by atoms with Gasteiger partial charge in [0.15, 0.2) is 0 Å². The third-order valence-electron chi connectivity index (χ3n) is 3.28. The zero-order valence-corrected chi connectivity index (χ0v) is 11.4. The summed E-state index contributed by atoms with van der Waals surface area (Å²) in [5, 5.41) is 2.10. The number of barbiturate groups is 1. The van der Waals surface area contributed by atoms with E-state index in [0.29, 0.717) is 5.56 Å². The number of hydrogen-bond donors (Lipinski definition) is 1. The molecule has 106 valence electrons. The molecule has 1 aliphatic heterocycles. The number of carbonyl (C=O) groups excluding carboxylic acids is 3. The van der Waals surface area contributed by atoms with Crippen molar-refractivity contribution in [1.82, 2.24) is 5.32 Å². The fraction of sp³-hybridized carbons (Fsp3) is 0.357. The van der Waals surface area contributed by atoms with E-state index in [-0.39, 0.29) is 11.6 Å². The minimum Gasteiger partial charge on any atom is -0.277 e. The van der Waals surface area contributed by atoms with E-state index < -0.39 is 29.6 Å². The van der Waals surface area contributed by atoms with Crippen molar-refractivity contribution in [3.05, 3.63) is 29.6 Å². The lowest BCUT2D eigenvalue weighted by molar-refractivity contribution is -0.136. The zero-order chi connectivity index (χ0) is 15.0. The quantitative estimate of drug-likeness (QED) is 0.841. The van der Waals surface area contributed by atoms with Gasteiger partial charge in [-0.25, -0.2) is 14.1 Å². The van der Waals surface area contributed by atoms with Crippen LogP contribution < -0.4 is 10.2 Å². The summed E-state index contributed by atoms with van der Waals surface area (Å²) in [6.07, 6.45) is 0. The lowest BCUT2D eigenvalue weighted by atomic mass is 9.91. The van der Waals surface area contributed by atoms with Crippen molar-refractivity contribution in [2.75, 3.05) is 4.90 Å². The molecule has 0 aliphatic carbocycles. The van der Waals surface area contributed by atoms with Gasteiger partial charge >= 0.3 is 6.03 Å². The maximum atomic E-state index is 13.9. The zero-order valence-electron chi connectivity index (χ0n) is 11.4. The van der Waals surface area contributed by atoms with Gasteiger partial charge < -0.3 is 0 Å². The Balaban J connectivity index is 2.52. The van der Waals surface area contributed by atoms with Crippen LogP contribution in [-0.4, -0.2) is 17.8 Å². The molecule has 1 unspecified atom stereocenters. The third-order valence-corrected chi connectivity index (χ3v) is 3.28. The van der Waals surface area contributed by atoms with Gasteiger partial charge in [0.05, 0.1) is 5.69 Å². The molecule has 0 saturated carbocycles. The van der Waals surface area contributed by atoms with Gasteiger partial charge in [-0.2, -0.15) is 0 Å². The molecule has 1 N–H and O–H groups in total. The minimum absolute atomic E-state index is 0.104. The topological polar surface area (TPSA) is 66.5 Å². The fourth-order valence-corrected chi connectivity index (χ4v) is 2.30. The van der Waals surface area contributed by atoms with Gasteiger partial charge in [0.1, 0.15) is 11.7 Å². The molecule has 0 bridgehead atoms. The Labute approximate surface area is 115 Å². The molecule has 1 heterocycles. The van der Waals surface area contributed by atoms with Crippen molar-refractivity contribution in [3.63, 3.8) is 0 Å². The van der Waals surface area contributed by atoms with E-state index in [2.05, 4.69) is 5.32 Å². The van der Waals surface area contributed by atoms with Gasteiger partial charge in [-0.05, 0) is 24.5 Å². The summed E-state index contributed by atoms with van der Waals surface area (Å²) in [6.45, 7) is 4.99. The Hall–Kier alpha value is -2.24. The van der Waals surface area contributed by atoms with Crippen molar-refractivity contribution >= 4 is 23.5 Å². The first kappa shape index (κ1) is 14.2. The summed E-state index contributed by atoms with van der Waals surface area (Å²) >= 11 is 0. The predicted octanol–water partition coefficient (Wildman–Crippen LogP) is 1.99. The molecular weight excluding hydrogens is 263 g/mol. The number of hydrogen-bond acceptors (Lipinski definition) is 3. The Morgan fingerprint density at radius 1 is 1.25 bits per heavy atom. The summed E-state index contributed by atoms with van der Waals surface area (Å²) in [7, 11) is 0. The number of aryl methyl sites for hydroxylation is 1. The number of nitrogens with zero attached hydrogens (tertiary/aromatic N) is 1. The van der Waals surface area contributed by atoms with Crippen LogP contribution in [0.2, 0.25) is 0 Å². The number of benzene rings is 1. The van der Waals surface area contributed by atoms with E-state index in [1.165, 1.54) is 12.1 Å². The number of imide groups is 2. The Morgan fingerprint density at radius 2 is 1.90 bits per heavy atom. The highest BCUT2D eigenvalue weighted by atomic mass is 19.1. The SMILES string of the molecule is Cc1cccc(F)c1N1C(=O)NC(=O)C(C(C)C)C1=O. The van der Waals surface area contributed by atoms with E-state index in [4.69, 9.17) is 0 Å². The average molecular weight is 278 g/mol. The van der Waals surface area contributed by atoms with Gasteiger partial charge in [-0.3, -0.25) is 14.9 Å².